The average Bonchev–Trinajstić information content (AvgIpc) is 3.19. The molecule has 0 fully saturated rings. The summed E-state index contributed by atoms with van der Waals surface area (Å²) < 4.78 is 0. The van der Waals surface area contributed by atoms with Crippen molar-refractivity contribution < 1.29 is 60.0 Å². The number of benzene rings is 4. The predicted molar refractivity (Wildman–Crippen MR) is 226 cm³/mol. The number of rotatable bonds is 12. The molecule has 4 rings (SSSR count). The number of carboxylic acid groups (broad SMARTS) is 4. The van der Waals surface area contributed by atoms with Crippen LogP contribution in [0, 0.1) is 11.3 Å². The Balaban J connectivity index is 0. The largest absolute Gasteiger partial charge is 0.478 e. The average molecular weight is 809 g/mol. The molecule has 4 unspecified atom stereocenters. The van der Waals surface area contributed by atoms with E-state index in [4.69, 9.17) is 20.4 Å². The van der Waals surface area contributed by atoms with E-state index in [0.29, 0.717) is 47.4 Å². The van der Waals surface area contributed by atoms with Crippen LogP contribution in [0.1, 0.15) is 122 Å². The third-order valence-corrected chi connectivity index (χ3v) is 7.81. The van der Waals surface area contributed by atoms with E-state index in [-0.39, 0.29) is 23.7 Å². The molecule has 0 saturated carbocycles. The van der Waals surface area contributed by atoms with E-state index in [1.807, 2.05) is 34.6 Å². The molecule has 8 N–H and O–H groups in total. The minimum Gasteiger partial charge on any atom is -0.478 e. The zero-order valence-corrected chi connectivity index (χ0v) is 34.7. The van der Waals surface area contributed by atoms with Gasteiger partial charge in [-0.25, -0.2) is 19.2 Å². The number of aromatic carboxylic acids is 4. The van der Waals surface area contributed by atoms with Gasteiger partial charge in [0, 0.05) is 0 Å². The molecular formula is C46H64O12. The number of hydrogen-bond donors (Lipinski definition) is 8. The third-order valence-electron chi connectivity index (χ3n) is 7.81. The van der Waals surface area contributed by atoms with Crippen molar-refractivity contribution in [3.63, 3.8) is 0 Å². The molecule has 0 bridgehead atoms. The summed E-state index contributed by atoms with van der Waals surface area (Å²) in [5.41, 5.74) is 1.21. The van der Waals surface area contributed by atoms with Crippen molar-refractivity contribution >= 4 is 23.9 Å². The van der Waals surface area contributed by atoms with E-state index in [9.17, 15) is 39.6 Å². The summed E-state index contributed by atoms with van der Waals surface area (Å²) in [4.78, 5) is 40.8. The summed E-state index contributed by atoms with van der Waals surface area (Å²) in [6, 6.07) is 33.2. The maximum absolute atomic E-state index is 10.2. The van der Waals surface area contributed by atoms with Crippen molar-refractivity contribution in [2.45, 2.75) is 105 Å². The highest BCUT2D eigenvalue weighted by Crippen LogP contribution is 2.23. The van der Waals surface area contributed by atoms with E-state index in [2.05, 4.69) is 13.8 Å². The lowest BCUT2D eigenvalue weighted by Gasteiger charge is -2.27. The first-order valence-electron chi connectivity index (χ1n) is 19.0. The Morgan fingerprint density at radius 1 is 0.431 bits per heavy atom. The van der Waals surface area contributed by atoms with Crippen LogP contribution in [0.2, 0.25) is 0 Å². The van der Waals surface area contributed by atoms with Crippen LogP contribution in [-0.2, 0) is 0 Å². The summed E-state index contributed by atoms with van der Waals surface area (Å²) in [6.45, 7) is 13.9. The Bertz CT molecular complexity index is 1440. The molecule has 0 aliphatic carbocycles. The summed E-state index contributed by atoms with van der Waals surface area (Å²) in [7, 11) is 0. The normalized spacial score (nSPS) is 12.1. The summed E-state index contributed by atoms with van der Waals surface area (Å²) in [5.74, 6) is -3.01. The first kappa shape index (κ1) is 54.7. The maximum Gasteiger partial charge on any atom is 0.335 e. The molecular weight excluding hydrogens is 744 g/mol. The lowest BCUT2D eigenvalue weighted by molar-refractivity contribution is 0.0127. The van der Waals surface area contributed by atoms with Crippen LogP contribution in [0.5, 0.6) is 0 Å². The van der Waals surface area contributed by atoms with Gasteiger partial charge in [-0.15, -0.1) is 0 Å². The van der Waals surface area contributed by atoms with Gasteiger partial charge >= 0.3 is 23.9 Å². The zero-order valence-electron chi connectivity index (χ0n) is 34.7. The molecule has 0 saturated heterocycles. The summed E-state index contributed by atoms with van der Waals surface area (Å²) >= 11 is 0. The Morgan fingerprint density at radius 2 is 0.672 bits per heavy atom. The minimum absolute atomic E-state index is 0.115. The smallest absolute Gasteiger partial charge is 0.335 e. The highest BCUT2D eigenvalue weighted by Gasteiger charge is 2.23. The van der Waals surface area contributed by atoms with E-state index in [0.717, 1.165) is 12.8 Å². The van der Waals surface area contributed by atoms with Gasteiger partial charge in [-0.05, 0) is 92.0 Å². The number of hydrogen-bond acceptors (Lipinski definition) is 8. The second-order valence-corrected chi connectivity index (χ2v) is 14.4. The number of aliphatic hydroxyl groups is 4. The Hall–Kier alpha value is -5.40. The zero-order chi connectivity index (χ0) is 44.7. The molecule has 4 aromatic carbocycles. The molecule has 4 atom stereocenters. The van der Waals surface area contributed by atoms with Gasteiger partial charge in [0.15, 0.2) is 0 Å². The van der Waals surface area contributed by atoms with Gasteiger partial charge in [0.2, 0.25) is 0 Å². The Kier molecular flexibility index (Phi) is 29.9. The Labute approximate surface area is 343 Å². The Morgan fingerprint density at radius 3 is 0.845 bits per heavy atom. The first-order chi connectivity index (χ1) is 27.2. The molecule has 12 heteroatoms. The van der Waals surface area contributed by atoms with Crippen molar-refractivity contribution in [1.29, 1.82) is 0 Å². The number of aliphatic hydroxyl groups excluding tert-OH is 4. The number of carbonyl (C=O) groups is 4. The molecule has 0 aliphatic heterocycles. The topological polar surface area (TPSA) is 230 Å². The lowest BCUT2D eigenvalue weighted by atomic mass is 9.85. The molecule has 0 aliphatic rings. The third kappa shape index (κ3) is 29.8. The van der Waals surface area contributed by atoms with Crippen molar-refractivity contribution in [2.24, 2.45) is 11.3 Å². The van der Waals surface area contributed by atoms with Crippen LogP contribution in [0.15, 0.2) is 121 Å². The van der Waals surface area contributed by atoms with E-state index in [1.54, 1.807) is 121 Å². The van der Waals surface area contributed by atoms with Gasteiger partial charge in [-0.2, -0.15) is 0 Å². The molecule has 320 valence electrons. The van der Waals surface area contributed by atoms with Gasteiger partial charge in [0.25, 0.3) is 0 Å². The quantitative estimate of drug-likeness (QED) is 0.0672. The van der Waals surface area contributed by atoms with E-state index < -0.39 is 30.0 Å². The summed E-state index contributed by atoms with van der Waals surface area (Å²) in [5, 5.41) is 70.8. The molecule has 58 heavy (non-hydrogen) atoms. The lowest BCUT2D eigenvalue weighted by Crippen LogP contribution is -2.29. The fourth-order valence-electron chi connectivity index (χ4n) is 4.22. The fourth-order valence-corrected chi connectivity index (χ4v) is 4.22. The first-order valence-corrected chi connectivity index (χ1v) is 19.0. The molecule has 0 amide bonds. The highest BCUT2D eigenvalue weighted by atomic mass is 16.4. The van der Waals surface area contributed by atoms with E-state index in [1.165, 1.54) is 0 Å². The molecule has 0 heterocycles. The molecule has 0 spiro atoms. The van der Waals surface area contributed by atoms with Crippen LogP contribution in [-0.4, -0.2) is 89.1 Å². The monoisotopic (exact) mass is 808 g/mol. The van der Waals surface area contributed by atoms with Crippen molar-refractivity contribution in [3.8, 4) is 0 Å². The van der Waals surface area contributed by atoms with Gasteiger partial charge in [-0.1, -0.05) is 121 Å². The van der Waals surface area contributed by atoms with Crippen LogP contribution < -0.4 is 0 Å². The van der Waals surface area contributed by atoms with E-state index >= 15 is 0 Å². The number of carboxylic acids is 4. The maximum atomic E-state index is 10.2. The second-order valence-electron chi connectivity index (χ2n) is 14.4. The fraction of sp³-hybridized carbons (Fsp3) is 0.391. The van der Waals surface area contributed by atoms with Gasteiger partial charge in [0.05, 0.1) is 46.7 Å². The minimum atomic E-state index is -0.879. The molecule has 12 nitrogen and oxygen atoms in total. The van der Waals surface area contributed by atoms with Crippen molar-refractivity contribution in [2.75, 3.05) is 0 Å². The second kappa shape index (κ2) is 31.7. The molecule has 0 aromatic heterocycles. The molecule has 0 radical (unpaired) electrons. The van der Waals surface area contributed by atoms with Crippen LogP contribution in [0.4, 0.5) is 0 Å². The van der Waals surface area contributed by atoms with Gasteiger partial charge in [0.1, 0.15) is 0 Å². The van der Waals surface area contributed by atoms with Gasteiger partial charge < -0.3 is 40.9 Å². The standard InChI is InChI=1S/2C9H20O2.4C7H6O2/c1-5-7(10)6-8(11)9(2,3)4;1-4-8(10)6-9(11)5-7(2)3;4*8-7(9)6-4-2-1-3-5-6/h7-8,10-11H,5-6H2,1-4H3;7-11H,4-6H2,1-3H3;4*1-5H,(H,8,9). The van der Waals surface area contributed by atoms with Crippen LogP contribution in [0.25, 0.3) is 0 Å². The van der Waals surface area contributed by atoms with Gasteiger partial charge in [-0.3, -0.25) is 0 Å². The SMILES string of the molecule is CCC(O)CC(O)C(C)(C)C.CCC(O)CC(O)CC(C)C.O=C(O)c1ccccc1.O=C(O)c1ccccc1.O=C(O)c1ccccc1.O=C(O)c1ccccc1. The summed E-state index contributed by atoms with van der Waals surface area (Å²) in [6.07, 6.45) is 1.82. The molecule has 4 aromatic rings. The van der Waals surface area contributed by atoms with Crippen LogP contribution in [0.3, 0.4) is 0 Å². The van der Waals surface area contributed by atoms with Crippen molar-refractivity contribution in [1.82, 2.24) is 0 Å². The van der Waals surface area contributed by atoms with Crippen LogP contribution >= 0.6 is 0 Å². The van der Waals surface area contributed by atoms with Crippen molar-refractivity contribution in [3.05, 3.63) is 144 Å². The highest BCUT2D eigenvalue weighted by molar-refractivity contribution is 5.88. The predicted octanol–water partition coefficient (Wildman–Crippen LogP) is 8.65.